The van der Waals surface area contributed by atoms with Crippen LogP contribution >= 0.6 is 11.3 Å². The first kappa shape index (κ1) is 12.8. The van der Waals surface area contributed by atoms with Gasteiger partial charge in [-0.05, 0) is 0 Å². The maximum absolute atomic E-state index is 4.39. The number of nitrogens with zero attached hydrogens (tertiary/aromatic N) is 5. The summed E-state index contributed by atoms with van der Waals surface area (Å²) in [4.78, 5) is 13.7. The third-order valence-electron chi connectivity index (χ3n) is 3.62. The Balaban J connectivity index is 1.48. The highest BCUT2D eigenvalue weighted by Gasteiger charge is 2.18. The van der Waals surface area contributed by atoms with Crippen LogP contribution in [0.1, 0.15) is 11.5 Å². The molecule has 1 aliphatic heterocycles. The fourth-order valence-corrected chi connectivity index (χ4v) is 2.95. The summed E-state index contributed by atoms with van der Waals surface area (Å²) >= 11 is 1.67. The molecule has 2 aromatic heterocycles. The van der Waals surface area contributed by atoms with E-state index in [0.717, 1.165) is 45.1 Å². The highest BCUT2D eigenvalue weighted by atomic mass is 32.1. The van der Waals surface area contributed by atoms with Gasteiger partial charge in [-0.3, -0.25) is 9.80 Å². The summed E-state index contributed by atoms with van der Waals surface area (Å²) in [5, 5.41) is 2.14. The van der Waals surface area contributed by atoms with Gasteiger partial charge in [0.05, 0.1) is 17.7 Å². The normalized spacial score (nSPS) is 17.9. The Morgan fingerprint density at radius 1 is 1.11 bits per heavy atom. The molecule has 0 aliphatic carbocycles. The van der Waals surface area contributed by atoms with Crippen molar-refractivity contribution < 1.29 is 0 Å². The van der Waals surface area contributed by atoms with Gasteiger partial charge in [-0.15, -0.1) is 11.3 Å². The molecule has 1 saturated heterocycles. The van der Waals surface area contributed by atoms with Crippen molar-refractivity contribution in [3.05, 3.63) is 34.8 Å². The predicted octanol–water partition coefficient (Wildman–Crippen LogP) is 1.19. The molecule has 0 unspecified atom stereocenters. The molecule has 0 aromatic carbocycles. The minimum absolute atomic E-state index is 0.952. The molecule has 0 radical (unpaired) electrons. The largest absolute Gasteiger partial charge is 0.337 e. The maximum Gasteiger partial charge on any atom is 0.122 e. The van der Waals surface area contributed by atoms with E-state index >= 15 is 0 Å². The number of rotatable bonds is 4. The summed E-state index contributed by atoms with van der Waals surface area (Å²) in [5.41, 5.74) is 3.11. The van der Waals surface area contributed by atoms with Gasteiger partial charge in [0.1, 0.15) is 5.82 Å². The minimum atomic E-state index is 0.952. The number of imidazole rings is 1. The summed E-state index contributed by atoms with van der Waals surface area (Å²) in [5.74, 6) is 1.15. The van der Waals surface area contributed by atoms with Gasteiger partial charge in [-0.1, -0.05) is 0 Å². The van der Waals surface area contributed by atoms with Crippen molar-refractivity contribution in [2.45, 2.75) is 13.1 Å². The monoisotopic (exact) mass is 277 g/mol. The van der Waals surface area contributed by atoms with E-state index in [1.54, 1.807) is 11.3 Å². The van der Waals surface area contributed by atoms with E-state index in [4.69, 9.17) is 0 Å². The third kappa shape index (κ3) is 3.20. The lowest BCUT2D eigenvalue weighted by atomic mass is 10.3. The van der Waals surface area contributed by atoms with Crippen molar-refractivity contribution in [2.24, 2.45) is 7.05 Å². The summed E-state index contributed by atoms with van der Waals surface area (Å²) in [6, 6.07) is 0. The van der Waals surface area contributed by atoms with Gasteiger partial charge in [-0.2, -0.15) is 0 Å². The van der Waals surface area contributed by atoms with Gasteiger partial charge in [0.2, 0.25) is 0 Å². The van der Waals surface area contributed by atoms with Gasteiger partial charge < -0.3 is 4.57 Å². The Bertz CT molecular complexity index is 499. The van der Waals surface area contributed by atoms with E-state index in [0.29, 0.717) is 0 Å². The number of aromatic nitrogens is 3. The van der Waals surface area contributed by atoms with Crippen molar-refractivity contribution in [3.63, 3.8) is 0 Å². The fraction of sp³-hybridized carbons (Fsp3) is 0.538. The first-order valence-corrected chi connectivity index (χ1v) is 7.53. The van der Waals surface area contributed by atoms with Crippen LogP contribution in [-0.4, -0.2) is 50.5 Å². The maximum atomic E-state index is 4.39. The second-order valence-corrected chi connectivity index (χ2v) is 5.71. The SMILES string of the molecule is Cn1ccnc1CN1CCN(Cc2cscn2)CC1. The number of piperazine rings is 1. The Labute approximate surface area is 117 Å². The van der Waals surface area contributed by atoms with Gasteiger partial charge in [-0.25, -0.2) is 9.97 Å². The fourth-order valence-electron chi connectivity index (χ4n) is 2.40. The van der Waals surface area contributed by atoms with Crippen molar-refractivity contribution in [1.29, 1.82) is 0 Å². The Morgan fingerprint density at radius 2 is 1.84 bits per heavy atom. The first-order valence-electron chi connectivity index (χ1n) is 6.59. The lowest BCUT2D eigenvalue weighted by molar-refractivity contribution is 0.118. The molecule has 1 fully saturated rings. The molecule has 0 bridgehead atoms. The summed E-state index contributed by atoms with van der Waals surface area (Å²) in [6.45, 7) is 6.38. The Kier molecular flexibility index (Phi) is 3.91. The van der Waals surface area contributed by atoms with Crippen LogP contribution < -0.4 is 0 Å². The highest BCUT2D eigenvalue weighted by Crippen LogP contribution is 2.10. The summed E-state index contributed by atoms with van der Waals surface area (Å²) < 4.78 is 2.10. The van der Waals surface area contributed by atoms with Crippen molar-refractivity contribution in [1.82, 2.24) is 24.3 Å². The van der Waals surface area contributed by atoms with Crippen LogP contribution in [0, 0.1) is 0 Å². The highest BCUT2D eigenvalue weighted by molar-refractivity contribution is 7.07. The minimum Gasteiger partial charge on any atom is -0.337 e. The zero-order valence-corrected chi connectivity index (χ0v) is 12.0. The molecule has 1 aliphatic rings. The van der Waals surface area contributed by atoms with E-state index in [2.05, 4.69) is 36.8 Å². The average Bonchev–Trinajstić information content (AvgIpc) is 3.05. The lowest BCUT2D eigenvalue weighted by Gasteiger charge is -2.34. The van der Waals surface area contributed by atoms with Gasteiger partial charge in [0, 0.05) is 57.5 Å². The van der Waals surface area contributed by atoms with Crippen molar-refractivity contribution in [2.75, 3.05) is 26.2 Å². The van der Waals surface area contributed by atoms with Crippen LogP contribution in [0.25, 0.3) is 0 Å². The molecule has 102 valence electrons. The Morgan fingerprint density at radius 3 is 2.42 bits per heavy atom. The molecule has 3 heterocycles. The Hall–Kier alpha value is -1.24. The van der Waals surface area contributed by atoms with Gasteiger partial charge in [0.25, 0.3) is 0 Å². The standard InChI is InChI=1S/C13H19N5S/c1-16-3-2-14-13(16)9-18-6-4-17(5-7-18)8-12-10-19-11-15-12/h2-3,10-11H,4-9H2,1H3. The molecule has 0 atom stereocenters. The molecule has 2 aromatic rings. The van der Waals surface area contributed by atoms with Crippen LogP contribution in [0.2, 0.25) is 0 Å². The quantitative estimate of drug-likeness (QED) is 0.841. The van der Waals surface area contributed by atoms with Gasteiger partial charge >= 0.3 is 0 Å². The molecule has 5 nitrogen and oxygen atoms in total. The topological polar surface area (TPSA) is 37.2 Å². The zero-order valence-electron chi connectivity index (χ0n) is 11.2. The third-order valence-corrected chi connectivity index (χ3v) is 4.26. The predicted molar refractivity (Wildman–Crippen MR) is 75.9 cm³/mol. The van der Waals surface area contributed by atoms with Crippen LogP contribution in [0.5, 0.6) is 0 Å². The number of hydrogen-bond acceptors (Lipinski definition) is 5. The number of aryl methyl sites for hydroxylation is 1. The second kappa shape index (κ2) is 5.81. The van der Waals surface area contributed by atoms with Crippen LogP contribution in [0.15, 0.2) is 23.3 Å². The van der Waals surface area contributed by atoms with E-state index in [-0.39, 0.29) is 0 Å². The average molecular weight is 277 g/mol. The van der Waals surface area contributed by atoms with E-state index in [9.17, 15) is 0 Å². The number of thiazole rings is 1. The smallest absolute Gasteiger partial charge is 0.122 e. The molecule has 6 heteroatoms. The van der Waals surface area contributed by atoms with E-state index < -0.39 is 0 Å². The lowest BCUT2D eigenvalue weighted by Crippen LogP contribution is -2.45. The van der Waals surface area contributed by atoms with E-state index in [1.807, 2.05) is 17.9 Å². The zero-order chi connectivity index (χ0) is 13.1. The van der Waals surface area contributed by atoms with Crippen LogP contribution in [0.4, 0.5) is 0 Å². The summed E-state index contributed by atoms with van der Waals surface area (Å²) in [6.07, 6.45) is 3.88. The van der Waals surface area contributed by atoms with Crippen LogP contribution in [0.3, 0.4) is 0 Å². The second-order valence-electron chi connectivity index (χ2n) is 4.99. The molecule has 0 saturated carbocycles. The van der Waals surface area contributed by atoms with Crippen molar-refractivity contribution >= 4 is 11.3 Å². The van der Waals surface area contributed by atoms with E-state index in [1.165, 1.54) is 5.69 Å². The summed E-state index contributed by atoms with van der Waals surface area (Å²) in [7, 11) is 2.06. The molecule has 3 rings (SSSR count). The molecular weight excluding hydrogens is 258 g/mol. The molecular formula is C13H19N5S. The molecule has 19 heavy (non-hydrogen) atoms. The molecule has 0 N–H and O–H groups in total. The van der Waals surface area contributed by atoms with Crippen molar-refractivity contribution in [3.8, 4) is 0 Å². The molecule has 0 amide bonds. The number of hydrogen-bond donors (Lipinski definition) is 0. The van der Waals surface area contributed by atoms with Gasteiger partial charge in [0.15, 0.2) is 0 Å². The van der Waals surface area contributed by atoms with Crippen LogP contribution in [-0.2, 0) is 20.1 Å². The first-order chi connectivity index (χ1) is 9.31. The molecule has 0 spiro atoms.